The SMILES string of the molecule is C=C(/C(=C\C=C/C)c1noc(=O)[nH]1)c1ccc(Cn2c(CCC)nc(C(F)F)c(CC3=CC=CCC=C3)c2=O)cc1. The molecule has 0 saturated carbocycles. The zero-order valence-corrected chi connectivity index (χ0v) is 23.1. The fourth-order valence-electron chi connectivity index (χ4n) is 4.54. The molecule has 0 aliphatic heterocycles. The van der Waals surface area contributed by atoms with Crippen LogP contribution in [0.4, 0.5) is 8.78 Å². The van der Waals surface area contributed by atoms with Crippen LogP contribution < -0.4 is 11.3 Å². The van der Waals surface area contributed by atoms with Gasteiger partial charge in [0.1, 0.15) is 11.5 Å². The summed E-state index contributed by atoms with van der Waals surface area (Å²) >= 11 is 0. The Bertz CT molecular complexity index is 1670. The van der Waals surface area contributed by atoms with E-state index >= 15 is 0 Å². The minimum absolute atomic E-state index is 0.0106. The van der Waals surface area contributed by atoms with Crippen molar-refractivity contribution in [1.29, 1.82) is 0 Å². The number of aromatic amines is 1. The second-order valence-corrected chi connectivity index (χ2v) is 9.54. The molecule has 9 heteroatoms. The van der Waals surface area contributed by atoms with Crippen LogP contribution in [-0.2, 0) is 19.4 Å². The molecule has 0 radical (unpaired) electrons. The summed E-state index contributed by atoms with van der Waals surface area (Å²) in [6, 6.07) is 7.39. The van der Waals surface area contributed by atoms with E-state index in [9.17, 15) is 18.4 Å². The molecule has 3 aromatic rings. The van der Waals surface area contributed by atoms with Gasteiger partial charge in [0.25, 0.3) is 12.0 Å². The van der Waals surface area contributed by atoms with Crippen molar-refractivity contribution in [2.75, 3.05) is 0 Å². The number of aryl methyl sites for hydroxylation is 1. The number of hydrogen-bond donors (Lipinski definition) is 1. The van der Waals surface area contributed by atoms with Gasteiger partial charge in [-0.05, 0) is 42.0 Å². The summed E-state index contributed by atoms with van der Waals surface area (Å²) in [7, 11) is 0. The van der Waals surface area contributed by atoms with Gasteiger partial charge in [0.05, 0.1) is 6.54 Å². The van der Waals surface area contributed by atoms with Crippen molar-refractivity contribution in [3.05, 3.63) is 140 Å². The summed E-state index contributed by atoms with van der Waals surface area (Å²) in [5.41, 5.74) is 2.62. The Morgan fingerprint density at radius 1 is 1.22 bits per heavy atom. The fraction of sp³-hybridized carbons (Fsp3) is 0.250. The van der Waals surface area contributed by atoms with Crippen LogP contribution in [0.1, 0.15) is 67.1 Å². The van der Waals surface area contributed by atoms with Crippen LogP contribution >= 0.6 is 0 Å². The second-order valence-electron chi connectivity index (χ2n) is 9.54. The molecule has 0 fully saturated rings. The number of benzene rings is 1. The first-order chi connectivity index (χ1) is 19.8. The summed E-state index contributed by atoms with van der Waals surface area (Å²) in [6.45, 7) is 8.13. The van der Waals surface area contributed by atoms with Gasteiger partial charge in [-0.2, -0.15) is 0 Å². The van der Waals surface area contributed by atoms with E-state index < -0.39 is 23.4 Å². The molecule has 4 rings (SSSR count). The number of aromatic nitrogens is 4. The van der Waals surface area contributed by atoms with E-state index in [4.69, 9.17) is 0 Å². The van der Waals surface area contributed by atoms with Gasteiger partial charge in [-0.3, -0.25) is 18.9 Å². The Morgan fingerprint density at radius 2 is 2.00 bits per heavy atom. The second kappa shape index (κ2) is 13.6. The third kappa shape index (κ3) is 7.11. The van der Waals surface area contributed by atoms with E-state index in [1.807, 2.05) is 74.6 Å². The standard InChI is InChI=1S/C32H32F2N4O3/c1-4-6-14-25(30-36-32(40)41-37-30)21(3)24-17-15-23(16-18-24)20-38-27(11-5-2)35-28(29(33)34)26(31(38)39)19-22-12-9-7-8-10-13-22/h4,6-7,9-10,12-18,29H,3,5,8,11,19-20H2,1-2H3,(H,36,37,40)/b6-4-,25-14+. The molecule has 212 valence electrons. The average Bonchev–Trinajstić information content (AvgIpc) is 3.22. The van der Waals surface area contributed by atoms with Gasteiger partial charge in [0.15, 0.2) is 5.82 Å². The average molecular weight is 559 g/mol. The number of halogens is 2. The molecule has 0 bridgehead atoms. The van der Waals surface area contributed by atoms with Crippen molar-refractivity contribution in [2.24, 2.45) is 0 Å². The normalized spacial score (nSPS) is 13.7. The maximum absolute atomic E-state index is 14.1. The lowest BCUT2D eigenvalue weighted by Gasteiger charge is -2.17. The topological polar surface area (TPSA) is 93.8 Å². The minimum Gasteiger partial charge on any atom is -0.296 e. The zero-order chi connectivity index (χ0) is 29.4. The van der Waals surface area contributed by atoms with Crippen LogP contribution in [0.25, 0.3) is 11.1 Å². The number of nitrogens with one attached hydrogen (secondary N) is 1. The molecule has 41 heavy (non-hydrogen) atoms. The predicted octanol–water partition coefficient (Wildman–Crippen LogP) is 6.52. The van der Waals surface area contributed by atoms with E-state index in [0.717, 1.165) is 23.1 Å². The molecule has 7 nitrogen and oxygen atoms in total. The summed E-state index contributed by atoms with van der Waals surface area (Å²) < 4.78 is 34.4. The van der Waals surface area contributed by atoms with Crippen LogP contribution in [0, 0.1) is 0 Å². The van der Waals surface area contributed by atoms with Crippen molar-refractivity contribution < 1.29 is 13.3 Å². The molecule has 0 unspecified atom stereocenters. The Balaban J connectivity index is 1.69. The molecular weight excluding hydrogens is 526 g/mol. The molecule has 1 aromatic carbocycles. The Labute approximate surface area is 236 Å². The first kappa shape index (κ1) is 29.3. The summed E-state index contributed by atoms with van der Waals surface area (Å²) in [6.07, 6.45) is 13.9. The van der Waals surface area contributed by atoms with Gasteiger partial charge >= 0.3 is 5.76 Å². The molecular formula is C32H32F2N4O3. The van der Waals surface area contributed by atoms with Gasteiger partial charge in [0, 0.05) is 24.0 Å². The van der Waals surface area contributed by atoms with Gasteiger partial charge < -0.3 is 0 Å². The van der Waals surface area contributed by atoms with Crippen LogP contribution in [0.2, 0.25) is 0 Å². The van der Waals surface area contributed by atoms with Crippen LogP contribution in [0.15, 0.2) is 99.1 Å². The van der Waals surface area contributed by atoms with E-state index in [1.54, 1.807) is 12.2 Å². The Hall–Kier alpha value is -4.66. The summed E-state index contributed by atoms with van der Waals surface area (Å²) in [5, 5.41) is 3.78. The van der Waals surface area contributed by atoms with E-state index in [0.29, 0.717) is 29.8 Å². The lowest BCUT2D eigenvalue weighted by Crippen LogP contribution is -2.31. The first-order valence-electron chi connectivity index (χ1n) is 13.4. The predicted molar refractivity (Wildman–Crippen MR) is 157 cm³/mol. The largest absolute Gasteiger partial charge is 0.439 e. The molecule has 2 heterocycles. The maximum atomic E-state index is 14.1. The number of rotatable bonds is 11. The van der Waals surface area contributed by atoms with Crippen LogP contribution in [0.5, 0.6) is 0 Å². The van der Waals surface area contributed by atoms with Crippen molar-refractivity contribution >= 4 is 11.1 Å². The van der Waals surface area contributed by atoms with Crippen LogP contribution in [-0.4, -0.2) is 19.7 Å². The number of H-pyrrole nitrogens is 1. The highest BCUT2D eigenvalue weighted by Gasteiger charge is 2.23. The fourth-order valence-corrected chi connectivity index (χ4v) is 4.54. The minimum atomic E-state index is -2.86. The highest BCUT2D eigenvalue weighted by molar-refractivity contribution is 6.02. The highest BCUT2D eigenvalue weighted by Crippen LogP contribution is 2.28. The lowest BCUT2D eigenvalue weighted by atomic mass is 9.97. The van der Waals surface area contributed by atoms with E-state index in [-0.39, 0.29) is 24.4 Å². The quantitative estimate of drug-likeness (QED) is 0.271. The molecule has 0 atom stereocenters. The van der Waals surface area contributed by atoms with Crippen molar-refractivity contribution in [1.82, 2.24) is 19.7 Å². The summed E-state index contributed by atoms with van der Waals surface area (Å²) in [4.78, 5) is 32.1. The molecule has 2 aromatic heterocycles. The van der Waals surface area contributed by atoms with Gasteiger partial charge in [-0.1, -0.05) is 91.5 Å². The van der Waals surface area contributed by atoms with Crippen molar-refractivity contribution in [2.45, 2.75) is 52.5 Å². The number of alkyl halides is 2. The van der Waals surface area contributed by atoms with Crippen molar-refractivity contribution in [3.8, 4) is 0 Å². The van der Waals surface area contributed by atoms with Gasteiger partial charge in [-0.15, -0.1) is 0 Å². The summed E-state index contributed by atoms with van der Waals surface area (Å²) in [5.74, 6) is -0.0804. The van der Waals surface area contributed by atoms with Crippen molar-refractivity contribution in [3.63, 3.8) is 0 Å². The molecule has 1 aliphatic carbocycles. The zero-order valence-electron chi connectivity index (χ0n) is 23.1. The number of hydrogen-bond acceptors (Lipinski definition) is 5. The van der Waals surface area contributed by atoms with Gasteiger partial charge in [-0.25, -0.2) is 18.6 Å². The molecule has 0 saturated heterocycles. The van der Waals surface area contributed by atoms with Crippen LogP contribution in [0.3, 0.4) is 0 Å². The molecule has 1 N–H and O–H groups in total. The monoisotopic (exact) mass is 558 g/mol. The third-order valence-electron chi connectivity index (χ3n) is 6.60. The maximum Gasteiger partial charge on any atom is 0.439 e. The Morgan fingerprint density at radius 3 is 2.66 bits per heavy atom. The molecule has 0 amide bonds. The first-order valence-corrected chi connectivity index (χ1v) is 13.4. The lowest BCUT2D eigenvalue weighted by molar-refractivity contribution is 0.143. The molecule has 0 spiro atoms. The third-order valence-corrected chi connectivity index (χ3v) is 6.60. The number of nitrogens with zero attached hydrogens (tertiary/aromatic N) is 3. The number of allylic oxidation sites excluding steroid dienone is 11. The highest BCUT2D eigenvalue weighted by atomic mass is 19.3. The van der Waals surface area contributed by atoms with E-state index in [1.165, 1.54) is 4.57 Å². The molecule has 1 aliphatic rings. The van der Waals surface area contributed by atoms with Gasteiger partial charge in [0.2, 0.25) is 0 Å². The Kier molecular flexibility index (Phi) is 9.73. The van der Waals surface area contributed by atoms with E-state index in [2.05, 4.69) is 26.2 Å². The smallest absolute Gasteiger partial charge is 0.296 e.